The maximum atomic E-state index is 11.8. The Hall–Kier alpha value is -1.06. The molecule has 2 N–H and O–H groups in total. The first-order valence-corrected chi connectivity index (χ1v) is 7.81. The van der Waals surface area contributed by atoms with Gasteiger partial charge in [0.05, 0.1) is 0 Å². The van der Waals surface area contributed by atoms with Gasteiger partial charge < -0.3 is 10.4 Å². The van der Waals surface area contributed by atoms with E-state index in [4.69, 9.17) is 5.11 Å². The minimum Gasteiger partial charge on any atom is -0.480 e. The van der Waals surface area contributed by atoms with Crippen LogP contribution >= 0.6 is 0 Å². The molecule has 4 heteroatoms. The lowest BCUT2D eigenvalue weighted by Gasteiger charge is -2.27. The molecule has 0 unspecified atom stereocenters. The van der Waals surface area contributed by atoms with Gasteiger partial charge in [-0.1, -0.05) is 66.2 Å². The van der Waals surface area contributed by atoms with Gasteiger partial charge in [-0.3, -0.25) is 4.79 Å². The Balaban J connectivity index is 3.84. The summed E-state index contributed by atoms with van der Waals surface area (Å²) < 4.78 is 0. The minimum absolute atomic E-state index is 0.152. The average Bonchev–Trinajstić information content (AvgIpc) is 2.33. The predicted molar refractivity (Wildman–Crippen MR) is 81.6 cm³/mol. The topological polar surface area (TPSA) is 66.4 Å². The zero-order chi connectivity index (χ0) is 15.6. The highest BCUT2D eigenvalue weighted by Crippen LogP contribution is 2.19. The van der Waals surface area contributed by atoms with Gasteiger partial charge in [0.1, 0.15) is 6.04 Å². The van der Waals surface area contributed by atoms with Gasteiger partial charge in [0, 0.05) is 6.42 Å². The van der Waals surface area contributed by atoms with Crippen molar-refractivity contribution >= 4 is 11.9 Å². The highest BCUT2D eigenvalue weighted by Gasteiger charge is 2.32. The number of carboxylic acid groups (broad SMARTS) is 1. The summed E-state index contributed by atoms with van der Waals surface area (Å²) in [4.78, 5) is 22.9. The fourth-order valence-electron chi connectivity index (χ4n) is 2.12. The summed E-state index contributed by atoms with van der Waals surface area (Å²) in [6, 6.07) is -0.820. The standard InChI is InChI=1S/C16H31NO3/c1-5-6-7-8-9-10-11-12-13(18)17-14(15(19)20)16(2,3)4/h14H,5-12H2,1-4H3,(H,17,18)(H,19,20)/t14-/m0/s1. The van der Waals surface area contributed by atoms with Crippen LogP contribution in [0.1, 0.15) is 79.1 Å². The van der Waals surface area contributed by atoms with Crippen LogP contribution in [0.4, 0.5) is 0 Å². The zero-order valence-corrected chi connectivity index (χ0v) is 13.5. The second-order valence-corrected chi connectivity index (χ2v) is 6.58. The number of carbonyl (C=O) groups is 2. The summed E-state index contributed by atoms with van der Waals surface area (Å²) in [6.45, 7) is 7.65. The number of rotatable bonds is 10. The van der Waals surface area contributed by atoms with Gasteiger partial charge in [-0.2, -0.15) is 0 Å². The monoisotopic (exact) mass is 285 g/mol. The Kier molecular flexibility index (Phi) is 9.26. The Bertz CT molecular complexity index is 295. The van der Waals surface area contributed by atoms with E-state index in [9.17, 15) is 9.59 Å². The quantitative estimate of drug-likeness (QED) is 0.601. The lowest BCUT2D eigenvalue weighted by molar-refractivity contribution is -0.144. The van der Waals surface area contributed by atoms with E-state index in [1.807, 2.05) is 20.8 Å². The third-order valence-electron chi connectivity index (χ3n) is 3.43. The molecule has 4 nitrogen and oxygen atoms in total. The zero-order valence-electron chi connectivity index (χ0n) is 13.5. The van der Waals surface area contributed by atoms with Crippen molar-refractivity contribution in [2.75, 3.05) is 0 Å². The van der Waals surface area contributed by atoms with E-state index in [1.165, 1.54) is 25.7 Å². The summed E-state index contributed by atoms with van der Waals surface area (Å²) in [5, 5.41) is 11.8. The van der Waals surface area contributed by atoms with E-state index in [1.54, 1.807) is 0 Å². The minimum atomic E-state index is -0.967. The van der Waals surface area contributed by atoms with Crippen LogP contribution in [0, 0.1) is 5.41 Å². The van der Waals surface area contributed by atoms with E-state index in [0.29, 0.717) is 6.42 Å². The Labute approximate surface area is 123 Å². The van der Waals surface area contributed by atoms with Gasteiger partial charge >= 0.3 is 5.97 Å². The Morgan fingerprint density at radius 1 is 1.00 bits per heavy atom. The number of carboxylic acids is 1. The summed E-state index contributed by atoms with van der Waals surface area (Å²) in [5.41, 5.74) is -0.471. The van der Waals surface area contributed by atoms with Crippen molar-refractivity contribution in [3.8, 4) is 0 Å². The van der Waals surface area contributed by atoms with Crippen LogP contribution in [-0.2, 0) is 9.59 Å². The number of hydrogen-bond donors (Lipinski definition) is 2. The normalized spacial score (nSPS) is 13.0. The molecule has 0 aliphatic heterocycles. The van der Waals surface area contributed by atoms with Crippen molar-refractivity contribution < 1.29 is 14.7 Å². The van der Waals surface area contributed by atoms with Gasteiger partial charge in [-0.15, -0.1) is 0 Å². The van der Waals surface area contributed by atoms with E-state index in [-0.39, 0.29) is 5.91 Å². The molecule has 0 aliphatic rings. The first kappa shape index (κ1) is 18.9. The van der Waals surface area contributed by atoms with Crippen LogP contribution in [0.3, 0.4) is 0 Å². The first-order valence-electron chi connectivity index (χ1n) is 7.81. The molecule has 0 saturated carbocycles. The molecule has 1 amide bonds. The highest BCUT2D eigenvalue weighted by atomic mass is 16.4. The largest absolute Gasteiger partial charge is 0.480 e. The molecule has 0 spiro atoms. The second kappa shape index (κ2) is 9.78. The summed E-state index contributed by atoms with van der Waals surface area (Å²) in [6.07, 6.45) is 8.50. The van der Waals surface area contributed by atoms with Crippen LogP contribution < -0.4 is 5.32 Å². The number of amides is 1. The Morgan fingerprint density at radius 3 is 1.95 bits per heavy atom. The summed E-state index contributed by atoms with van der Waals surface area (Å²) in [7, 11) is 0. The molecule has 0 radical (unpaired) electrons. The fraction of sp³-hybridized carbons (Fsp3) is 0.875. The van der Waals surface area contributed by atoms with Crippen molar-refractivity contribution in [1.82, 2.24) is 5.32 Å². The van der Waals surface area contributed by atoms with Gasteiger partial charge in [0.25, 0.3) is 0 Å². The Morgan fingerprint density at radius 2 is 1.50 bits per heavy atom. The third-order valence-corrected chi connectivity index (χ3v) is 3.43. The average molecular weight is 285 g/mol. The first-order chi connectivity index (χ1) is 9.29. The SMILES string of the molecule is CCCCCCCCCC(=O)N[C@@H](C(=O)O)C(C)(C)C. The maximum absolute atomic E-state index is 11.8. The smallest absolute Gasteiger partial charge is 0.326 e. The van der Waals surface area contributed by atoms with Crippen LogP contribution in [0.2, 0.25) is 0 Å². The molecular formula is C16H31NO3. The number of unbranched alkanes of at least 4 members (excludes halogenated alkanes) is 6. The summed E-state index contributed by atoms with van der Waals surface area (Å²) in [5.74, 6) is -1.12. The second-order valence-electron chi connectivity index (χ2n) is 6.58. The van der Waals surface area contributed by atoms with Gasteiger partial charge in [0.15, 0.2) is 0 Å². The lowest BCUT2D eigenvalue weighted by Crippen LogP contribution is -2.49. The number of hydrogen-bond acceptors (Lipinski definition) is 2. The molecule has 0 fully saturated rings. The number of carbonyl (C=O) groups excluding carboxylic acids is 1. The molecule has 0 aromatic heterocycles. The third kappa shape index (κ3) is 8.94. The predicted octanol–water partition coefficient (Wildman–Crippen LogP) is 3.74. The molecule has 0 rings (SSSR count). The molecule has 0 aliphatic carbocycles. The van der Waals surface area contributed by atoms with E-state index in [2.05, 4.69) is 12.2 Å². The van der Waals surface area contributed by atoms with Crippen molar-refractivity contribution in [2.45, 2.75) is 85.1 Å². The molecule has 0 bridgehead atoms. The van der Waals surface area contributed by atoms with Crippen LogP contribution in [0.5, 0.6) is 0 Å². The molecule has 0 heterocycles. The number of aliphatic carboxylic acids is 1. The van der Waals surface area contributed by atoms with E-state index in [0.717, 1.165) is 19.3 Å². The van der Waals surface area contributed by atoms with Gasteiger partial charge in [-0.25, -0.2) is 4.79 Å². The van der Waals surface area contributed by atoms with Crippen LogP contribution in [0.25, 0.3) is 0 Å². The number of nitrogens with one attached hydrogen (secondary N) is 1. The molecule has 0 aromatic carbocycles. The van der Waals surface area contributed by atoms with Crippen molar-refractivity contribution in [2.24, 2.45) is 5.41 Å². The maximum Gasteiger partial charge on any atom is 0.326 e. The molecule has 1 atom stereocenters. The molecule has 118 valence electrons. The van der Waals surface area contributed by atoms with Crippen molar-refractivity contribution in [1.29, 1.82) is 0 Å². The van der Waals surface area contributed by atoms with Crippen molar-refractivity contribution in [3.05, 3.63) is 0 Å². The van der Waals surface area contributed by atoms with Gasteiger partial charge in [-0.05, 0) is 11.8 Å². The van der Waals surface area contributed by atoms with Crippen LogP contribution in [0.15, 0.2) is 0 Å². The van der Waals surface area contributed by atoms with E-state index >= 15 is 0 Å². The fourth-order valence-corrected chi connectivity index (χ4v) is 2.12. The highest BCUT2D eigenvalue weighted by molar-refractivity contribution is 5.84. The van der Waals surface area contributed by atoms with Crippen LogP contribution in [-0.4, -0.2) is 23.0 Å². The lowest BCUT2D eigenvalue weighted by atomic mass is 9.86. The van der Waals surface area contributed by atoms with Gasteiger partial charge in [0.2, 0.25) is 5.91 Å². The molecule has 0 aromatic rings. The molecule has 20 heavy (non-hydrogen) atoms. The summed E-state index contributed by atoms with van der Waals surface area (Å²) >= 11 is 0. The van der Waals surface area contributed by atoms with Crippen molar-refractivity contribution in [3.63, 3.8) is 0 Å². The molecule has 0 saturated heterocycles. The molecular weight excluding hydrogens is 254 g/mol. The van der Waals surface area contributed by atoms with E-state index < -0.39 is 17.4 Å².